The maximum absolute atomic E-state index is 12.8. The first-order valence-electron chi connectivity index (χ1n) is 8.28. The number of anilines is 1. The van der Waals surface area contributed by atoms with Gasteiger partial charge in [-0.1, -0.05) is 11.6 Å². The lowest BCUT2D eigenvalue weighted by molar-refractivity contribution is -0.122. The highest BCUT2D eigenvalue weighted by Crippen LogP contribution is 2.37. The molecular weight excluding hydrogens is 386 g/mol. The maximum atomic E-state index is 12.8. The molecule has 1 N–H and O–H groups in total. The van der Waals surface area contributed by atoms with Gasteiger partial charge in [0.15, 0.2) is 11.5 Å². The van der Waals surface area contributed by atoms with E-state index in [1.165, 1.54) is 37.7 Å². The standard InChI is InChI=1S/C19H16ClN3O5/c1-3-28-15-9-11(8-14(20)16(15)27-2)7-13-17(24)22-19(26)23(18(13)25)12-5-4-6-21-10-12/h4-10H,3H2,1-2H3,(H,22,24,26)/b13-7+. The summed E-state index contributed by atoms with van der Waals surface area (Å²) in [6.45, 7) is 2.17. The van der Waals surface area contributed by atoms with E-state index in [-0.39, 0.29) is 16.3 Å². The van der Waals surface area contributed by atoms with Gasteiger partial charge in [0, 0.05) is 6.20 Å². The minimum atomic E-state index is -0.845. The number of carbonyl (C=O) groups excluding carboxylic acids is 3. The Morgan fingerprint density at radius 1 is 1.29 bits per heavy atom. The molecule has 1 aromatic carbocycles. The lowest BCUT2D eigenvalue weighted by Gasteiger charge is -2.26. The van der Waals surface area contributed by atoms with Crippen molar-refractivity contribution in [2.45, 2.75) is 6.92 Å². The van der Waals surface area contributed by atoms with Gasteiger partial charge in [-0.2, -0.15) is 0 Å². The Morgan fingerprint density at radius 2 is 2.07 bits per heavy atom. The largest absolute Gasteiger partial charge is 0.491 e. The molecule has 8 nitrogen and oxygen atoms in total. The average Bonchev–Trinajstić information content (AvgIpc) is 2.66. The fraction of sp³-hybridized carbons (Fsp3) is 0.158. The van der Waals surface area contributed by atoms with Gasteiger partial charge in [-0.3, -0.25) is 19.9 Å². The second kappa shape index (κ2) is 8.10. The van der Waals surface area contributed by atoms with Crippen LogP contribution in [0.15, 0.2) is 42.2 Å². The van der Waals surface area contributed by atoms with Crippen LogP contribution in [0.25, 0.3) is 6.08 Å². The molecule has 1 fully saturated rings. The Morgan fingerprint density at radius 3 is 2.71 bits per heavy atom. The third-order valence-corrected chi connectivity index (χ3v) is 4.13. The number of aromatic nitrogens is 1. The van der Waals surface area contributed by atoms with Gasteiger partial charge in [0.25, 0.3) is 11.8 Å². The molecule has 0 saturated carbocycles. The summed E-state index contributed by atoms with van der Waals surface area (Å²) in [6.07, 6.45) is 4.19. The summed E-state index contributed by atoms with van der Waals surface area (Å²) in [5.41, 5.74) is 0.450. The van der Waals surface area contributed by atoms with Crippen LogP contribution in [0.3, 0.4) is 0 Å². The number of hydrogen-bond acceptors (Lipinski definition) is 6. The number of hydrogen-bond donors (Lipinski definition) is 1. The van der Waals surface area contributed by atoms with Crippen LogP contribution in [-0.2, 0) is 9.59 Å². The van der Waals surface area contributed by atoms with Crippen LogP contribution in [0.1, 0.15) is 12.5 Å². The number of methoxy groups -OCH3 is 1. The summed E-state index contributed by atoms with van der Waals surface area (Å²) in [7, 11) is 1.46. The number of imide groups is 2. The molecule has 0 radical (unpaired) electrons. The number of carbonyl (C=O) groups is 3. The highest BCUT2D eigenvalue weighted by Gasteiger charge is 2.37. The van der Waals surface area contributed by atoms with Crippen LogP contribution < -0.4 is 19.7 Å². The topological polar surface area (TPSA) is 97.8 Å². The molecule has 0 spiro atoms. The Kier molecular flexibility index (Phi) is 5.60. The van der Waals surface area contributed by atoms with E-state index >= 15 is 0 Å². The minimum absolute atomic E-state index is 0.230. The Bertz CT molecular complexity index is 975. The molecule has 1 aliphatic heterocycles. The summed E-state index contributed by atoms with van der Waals surface area (Å²) in [5, 5.41) is 2.40. The highest BCUT2D eigenvalue weighted by atomic mass is 35.5. The van der Waals surface area contributed by atoms with Crippen LogP contribution >= 0.6 is 11.6 Å². The molecule has 1 aliphatic rings. The molecule has 1 aromatic heterocycles. The summed E-state index contributed by atoms with van der Waals surface area (Å²) in [4.78, 5) is 42.0. The normalized spacial score (nSPS) is 15.6. The average molecular weight is 402 g/mol. The van der Waals surface area contributed by atoms with E-state index in [1.807, 2.05) is 0 Å². The number of nitrogens with one attached hydrogen (secondary N) is 1. The van der Waals surface area contributed by atoms with Gasteiger partial charge in [-0.25, -0.2) is 9.69 Å². The molecule has 2 aromatic rings. The zero-order chi connectivity index (χ0) is 20.3. The van der Waals surface area contributed by atoms with E-state index in [1.54, 1.807) is 19.1 Å². The van der Waals surface area contributed by atoms with Gasteiger partial charge in [-0.05, 0) is 42.8 Å². The van der Waals surface area contributed by atoms with Crippen molar-refractivity contribution < 1.29 is 23.9 Å². The zero-order valence-corrected chi connectivity index (χ0v) is 15.8. The number of amides is 4. The summed E-state index contributed by atoms with van der Waals surface area (Å²) in [6, 6.07) is 5.39. The molecule has 0 bridgehead atoms. The van der Waals surface area contributed by atoms with Gasteiger partial charge >= 0.3 is 6.03 Å². The number of barbiturate groups is 1. The predicted molar refractivity (Wildman–Crippen MR) is 102 cm³/mol. The number of nitrogens with zero attached hydrogens (tertiary/aromatic N) is 2. The van der Waals surface area contributed by atoms with Crippen molar-refractivity contribution in [3.05, 3.63) is 52.8 Å². The van der Waals surface area contributed by atoms with Crippen LogP contribution in [0.4, 0.5) is 10.5 Å². The molecule has 0 atom stereocenters. The van der Waals surface area contributed by atoms with Crippen LogP contribution in [0.5, 0.6) is 11.5 Å². The third-order valence-electron chi connectivity index (χ3n) is 3.85. The fourth-order valence-corrected chi connectivity index (χ4v) is 2.97. The van der Waals surface area contributed by atoms with Gasteiger partial charge < -0.3 is 9.47 Å². The van der Waals surface area contributed by atoms with Crippen molar-refractivity contribution in [3.63, 3.8) is 0 Å². The quantitative estimate of drug-likeness (QED) is 0.611. The minimum Gasteiger partial charge on any atom is -0.491 e. The molecule has 0 unspecified atom stereocenters. The molecule has 3 rings (SSSR count). The van der Waals surface area contributed by atoms with E-state index in [0.29, 0.717) is 23.7 Å². The Hall–Kier alpha value is -3.39. The zero-order valence-electron chi connectivity index (χ0n) is 15.1. The number of benzene rings is 1. The molecule has 0 aliphatic carbocycles. The van der Waals surface area contributed by atoms with Crippen molar-refractivity contribution in [1.82, 2.24) is 10.3 Å². The number of rotatable bonds is 5. The lowest BCUT2D eigenvalue weighted by atomic mass is 10.1. The number of urea groups is 1. The lowest BCUT2D eigenvalue weighted by Crippen LogP contribution is -2.54. The predicted octanol–water partition coefficient (Wildman–Crippen LogP) is 2.81. The first-order chi connectivity index (χ1) is 13.5. The highest BCUT2D eigenvalue weighted by molar-refractivity contribution is 6.39. The van der Waals surface area contributed by atoms with Crippen molar-refractivity contribution in [2.75, 3.05) is 18.6 Å². The van der Waals surface area contributed by atoms with E-state index in [9.17, 15) is 14.4 Å². The third kappa shape index (κ3) is 3.67. The second-order valence-electron chi connectivity index (χ2n) is 5.64. The Balaban J connectivity index is 2.04. The first-order valence-corrected chi connectivity index (χ1v) is 8.65. The first kappa shape index (κ1) is 19.4. The molecule has 4 amide bonds. The van der Waals surface area contributed by atoms with Crippen LogP contribution in [0.2, 0.25) is 5.02 Å². The molecule has 28 heavy (non-hydrogen) atoms. The summed E-state index contributed by atoms with van der Waals surface area (Å²) < 4.78 is 10.7. The Labute approximate surface area is 165 Å². The molecule has 1 saturated heterocycles. The van der Waals surface area contributed by atoms with Crippen molar-refractivity contribution in [3.8, 4) is 11.5 Å². The van der Waals surface area contributed by atoms with Gasteiger partial charge in [0.05, 0.1) is 30.6 Å². The second-order valence-corrected chi connectivity index (χ2v) is 6.04. The number of halogens is 1. The van der Waals surface area contributed by atoms with Crippen molar-refractivity contribution in [1.29, 1.82) is 0 Å². The summed E-state index contributed by atoms with van der Waals surface area (Å²) >= 11 is 6.22. The van der Waals surface area contributed by atoms with Crippen LogP contribution in [0, 0.1) is 0 Å². The van der Waals surface area contributed by atoms with E-state index < -0.39 is 17.8 Å². The molecule has 144 valence electrons. The molecule has 9 heteroatoms. The van der Waals surface area contributed by atoms with E-state index in [4.69, 9.17) is 21.1 Å². The number of ether oxygens (including phenoxy) is 2. The fourth-order valence-electron chi connectivity index (χ4n) is 2.68. The molecule has 2 heterocycles. The monoisotopic (exact) mass is 401 g/mol. The van der Waals surface area contributed by atoms with E-state index in [0.717, 1.165) is 4.90 Å². The van der Waals surface area contributed by atoms with Crippen molar-refractivity contribution in [2.24, 2.45) is 0 Å². The van der Waals surface area contributed by atoms with Gasteiger partial charge in [0.1, 0.15) is 5.57 Å². The van der Waals surface area contributed by atoms with Gasteiger partial charge in [-0.15, -0.1) is 0 Å². The van der Waals surface area contributed by atoms with Crippen molar-refractivity contribution >= 4 is 41.2 Å². The van der Waals surface area contributed by atoms with Gasteiger partial charge in [0.2, 0.25) is 0 Å². The maximum Gasteiger partial charge on any atom is 0.336 e. The van der Waals surface area contributed by atoms with Crippen LogP contribution in [-0.4, -0.2) is 36.5 Å². The SMILES string of the molecule is CCOc1cc(/C=C2\C(=O)NC(=O)N(c3cccnc3)C2=O)cc(Cl)c1OC. The number of pyridine rings is 1. The summed E-state index contributed by atoms with van der Waals surface area (Å²) in [5.74, 6) is -0.864. The molecular formula is C19H16ClN3O5. The smallest absolute Gasteiger partial charge is 0.336 e. The van der Waals surface area contributed by atoms with E-state index in [2.05, 4.69) is 10.3 Å².